The zero-order chi connectivity index (χ0) is 13.8. The molecule has 0 radical (unpaired) electrons. The van der Waals surface area contributed by atoms with E-state index in [0.717, 1.165) is 18.7 Å². The molecule has 0 saturated carbocycles. The summed E-state index contributed by atoms with van der Waals surface area (Å²) in [5, 5.41) is 4.50. The van der Waals surface area contributed by atoms with E-state index in [1.54, 1.807) is 0 Å². The number of aryl methyl sites for hydroxylation is 3. The molecule has 0 aliphatic heterocycles. The first-order chi connectivity index (χ1) is 9.13. The van der Waals surface area contributed by atoms with E-state index in [4.69, 9.17) is 11.6 Å². The van der Waals surface area contributed by atoms with Crippen molar-refractivity contribution in [1.29, 1.82) is 0 Å². The first kappa shape index (κ1) is 14.1. The fourth-order valence-electron chi connectivity index (χ4n) is 2.39. The lowest BCUT2D eigenvalue weighted by atomic mass is 9.95. The maximum atomic E-state index is 6.16. The van der Waals surface area contributed by atoms with E-state index in [9.17, 15) is 0 Å². The number of halogens is 1. The van der Waals surface area contributed by atoms with Crippen LogP contribution in [0.3, 0.4) is 0 Å². The molecule has 0 saturated heterocycles. The van der Waals surface area contributed by atoms with Crippen LogP contribution >= 0.6 is 11.6 Å². The second kappa shape index (κ2) is 6.25. The molecular weight excluding hydrogens is 256 g/mol. The first-order valence-electron chi connectivity index (χ1n) is 6.80. The van der Waals surface area contributed by atoms with Crippen LogP contribution in [0.5, 0.6) is 0 Å². The highest BCUT2D eigenvalue weighted by Gasteiger charge is 2.14. The summed E-state index contributed by atoms with van der Waals surface area (Å²) < 4.78 is 2.07. The Morgan fingerprint density at radius 3 is 2.47 bits per heavy atom. The Kier molecular flexibility index (Phi) is 4.65. The molecule has 0 aliphatic rings. The first-order valence-corrected chi connectivity index (χ1v) is 7.33. The minimum atomic E-state index is 0.351. The maximum absolute atomic E-state index is 6.16. The molecule has 0 bridgehead atoms. The topological polar surface area (TPSA) is 17.8 Å². The summed E-state index contributed by atoms with van der Waals surface area (Å²) in [4.78, 5) is 0. The van der Waals surface area contributed by atoms with Gasteiger partial charge in [-0.3, -0.25) is 4.68 Å². The van der Waals surface area contributed by atoms with Gasteiger partial charge in [-0.25, -0.2) is 0 Å². The smallest absolute Gasteiger partial charge is 0.0596 e. The van der Waals surface area contributed by atoms with E-state index in [0.29, 0.717) is 11.8 Å². The second-order valence-electron chi connectivity index (χ2n) is 5.06. The van der Waals surface area contributed by atoms with Gasteiger partial charge >= 0.3 is 0 Å². The number of rotatable bonds is 5. The third-order valence-corrected chi connectivity index (χ3v) is 3.85. The molecule has 0 spiro atoms. The van der Waals surface area contributed by atoms with E-state index in [1.165, 1.54) is 16.8 Å². The molecule has 102 valence electrons. The van der Waals surface area contributed by atoms with Gasteiger partial charge in [0, 0.05) is 24.0 Å². The minimum absolute atomic E-state index is 0.351. The van der Waals surface area contributed by atoms with Crippen molar-refractivity contribution in [3.8, 4) is 0 Å². The van der Waals surface area contributed by atoms with Crippen LogP contribution < -0.4 is 0 Å². The summed E-state index contributed by atoms with van der Waals surface area (Å²) in [5.41, 5.74) is 4.94. The normalized spacial score (nSPS) is 12.6. The number of nitrogens with zero attached hydrogens (tertiary/aromatic N) is 2. The molecular formula is C16H21ClN2. The largest absolute Gasteiger partial charge is 0.270 e. The van der Waals surface area contributed by atoms with Gasteiger partial charge in [0.05, 0.1) is 5.69 Å². The van der Waals surface area contributed by atoms with Crippen LogP contribution in [-0.4, -0.2) is 15.7 Å². The molecule has 2 nitrogen and oxygen atoms in total. The van der Waals surface area contributed by atoms with Crippen LogP contribution in [0, 0.1) is 13.8 Å². The van der Waals surface area contributed by atoms with Gasteiger partial charge in [-0.2, -0.15) is 5.10 Å². The minimum Gasteiger partial charge on any atom is -0.270 e. The molecule has 1 aromatic heterocycles. The third kappa shape index (κ3) is 3.38. The van der Waals surface area contributed by atoms with Gasteiger partial charge in [0.1, 0.15) is 0 Å². The van der Waals surface area contributed by atoms with E-state index in [1.807, 2.05) is 6.92 Å². The molecule has 0 aliphatic carbocycles. The molecule has 2 aromatic rings. The van der Waals surface area contributed by atoms with Crippen LogP contribution in [0.2, 0.25) is 0 Å². The van der Waals surface area contributed by atoms with Crippen molar-refractivity contribution in [1.82, 2.24) is 9.78 Å². The molecule has 1 heterocycles. The summed E-state index contributed by atoms with van der Waals surface area (Å²) in [7, 11) is 0. The average molecular weight is 277 g/mol. The molecule has 1 aromatic carbocycles. The Hall–Kier alpha value is -1.28. The average Bonchev–Trinajstić information content (AvgIpc) is 2.77. The molecule has 19 heavy (non-hydrogen) atoms. The zero-order valence-corrected chi connectivity index (χ0v) is 12.6. The lowest BCUT2D eigenvalue weighted by Gasteiger charge is -2.15. The van der Waals surface area contributed by atoms with E-state index >= 15 is 0 Å². The quantitative estimate of drug-likeness (QED) is 0.752. The van der Waals surface area contributed by atoms with E-state index < -0.39 is 0 Å². The van der Waals surface area contributed by atoms with Crippen LogP contribution in [0.1, 0.15) is 35.4 Å². The van der Waals surface area contributed by atoms with Gasteiger partial charge in [-0.05, 0) is 38.8 Å². The molecule has 2 rings (SSSR count). The molecule has 0 fully saturated rings. The molecule has 3 heteroatoms. The zero-order valence-electron chi connectivity index (χ0n) is 11.9. The Labute approximate surface area is 120 Å². The van der Waals surface area contributed by atoms with Crippen LogP contribution in [-0.2, 0) is 13.0 Å². The van der Waals surface area contributed by atoms with Gasteiger partial charge in [-0.1, -0.05) is 29.8 Å². The van der Waals surface area contributed by atoms with Crippen molar-refractivity contribution in [2.75, 3.05) is 5.88 Å². The predicted octanol–water partition coefficient (Wildman–Crippen LogP) is 4.08. The third-order valence-electron chi connectivity index (χ3n) is 3.48. The molecule has 1 atom stereocenters. The lowest BCUT2D eigenvalue weighted by molar-refractivity contribution is 0.595. The summed E-state index contributed by atoms with van der Waals surface area (Å²) in [5.74, 6) is 0.987. The standard InChI is InChI=1S/C16H21ClN2/c1-4-19-16(9-13(3)18-19)10-15(11-17)14-7-5-12(2)6-8-14/h5-9,15H,4,10-11H2,1-3H3. The monoisotopic (exact) mass is 276 g/mol. The van der Waals surface area contributed by atoms with Gasteiger partial charge in [-0.15, -0.1) is 11.6 Å². The Morgan fingerprint density at radius 2 is 1.89 bits per heavy atom. The highest BCUT2D eigenvalue weighted by Crippen LogP contribution is 2.23. The highest BCUT2D eigenvalue weighted by molar-refractivity contribution is 6.18. The number of hydrogen-bond donors (Lipinski definition) is 0. The summed E-state index contributed by atoms with van der Waals surface area (Å²) in [6.45, 7) is 7.18. The van der Waals surface area contributed by atoms with Crippen LogP contribution in [0.15, 0.2) is 30.3 Å². The van der Waals surface area contributed by atoms with Gasteiger partial charge in [0.15, 0.2) is 0 Å². The Bertz CT molecular complexity index is 528. The number of benzene rings is 1. The van der Waals surface area contributed by atoms with Crippen molar-refractivity contribution in [2.45, 2.75) is 39.7 Å². The van der Waals surface area contributed by atoms with Crippen molar-refractivity contribution in [3.05, 3.63) is 52.8 Å². The van der Waals surface area contributed by atoms with Crippen LogP contribution in [0.4, 0.5) is 0 Å². The number of alkyl halides is 1. The fraction of sp³-hybridized carbons (Fsp3) is 0.438. The van der Waals surface area contributed by atoms with E-state index in [2.05, 4.69) is 54.0 Å². The fourth-order valence-corrected chi connectivity index (χ4v) is 2.68. The van der Waals surface area contributed by atoms with Gasteiger partial charge in [0.25, 0.3) is 0 Å². The molecule has 0 N–H and O–H groups in total. The Morgan fingerprint density at radius 1 is 1.21 bits per heavy atom. The number of aromatic nitrogens is 2. The summed E-state index contributed by atoms with van der Waals surface area (Å²) >= 11 is 6.16. The second-order valence-corrected chi connectivity index (χ2v) is 5.37. The van der Waals surface area contributed by atoms with Gasteiger partial charge in [0.2, 0.25) is 0 Å². The maximum Gasteiger partial charge on any atom is 0.0596 e. The van der Waals surface area contributed by atoms with Crippen molar-refractivity contribution in [2.24, 2.45) is 0 Å². The number of hydrogen-bond acceptors (Lipinski definition) is 1. The summed E-state index contributed by atoms with van der Waals surface area (Å²) in [6.07, 6.45) is 0.946. The van der Waals surface area contributed by atoms with Crippen LogP contribution in [0.25, 0.3) is 0 Å². The molecule has 1 unspecified atom stereocenters. The van der Waals surface area contributed by atoms with Gasteiger partial charge < -0.3 is 0 Å². The van der Waals surface area contributed by atoms with Crippen molar-refractivity contribution in [3.63, 3.8) is 0 Å². The summed E-state index contributed by atoms with van der Waals surface area (Å²) in [6, 6.07) is 10.8. The SMILES string of the molecule is CCn1nc(C)cc1CC(CCl)c1ccc(C)cc1. The van der Waals surface area contributed by atoms with Crippen molar-refractivity contribution < 1.29 is 0 Å². The van der Waals surface area contributed by atoms with Crippen molar-refractivity contribution >= 4 is 11.6 Å². The highest BCUT2D eigenvalue weighted by atomic mass is 35.5. The lowest BCUT2D eigenvalue weighted by Crippen LogP contribution is -2.10. The predicted molar refractivity (Wildman–Crippen MR) is 81.0 cm³/mol. The van der Waals surface area contributed by atoms with E-state index in [-0.39, 0.29) is 0 Å². The Balaban J connectivity index is 2.21. The molecule has 0 amide bonds.